The van der Waals surface area contributed by atoms with E-state index in [0.717, 1.165) is 22.7 Å². The number of benzene rings is 1. The fourth-order valence-electron chi connectivity index (χ4n) is 2.95. The minimum atomic E-state index is -0.312. The number of nitrogens with one attached hydrogen (secondary N) is 1. The van der Waals surface area contributed by atoms with Gasteiger partial charge in [-0.3, -0.25) is 9.48 Å². The van der Waals surface area contributed by atoms with Gasteiger partial charge in [0, 0.05) is 6.54 Å². The molecule has 0 aliphatic heterocycles. The number of ether oxygens (including phenoxy) is 1. The Morgan fingerprint density at radius 2 is 1.97 bits per heavy atom. The third kappa shape index (κ3) is 4.62. The lowest BCUT2D eigenvalue weighted by Gasteiger charge is -2.09. The average Bonchev–Trinajstić information content (AvgIpc) is 3.17. The molecular weight excluding hydrogens is 392 g/mol. The topological polar surface area (TPSA) is 82.2 Å². The molecule has 0 fully saturated rings. The predicted octanol–water partition coefficient (Wildman–Crippen LogP) is 4.08. The summed E-state index contributed by atoms with van der Waals surface area (Å²) in [5, 5.41) is 11.8. The van der Waals surface area contributed by atoms with Crippen molar-refractivity contribution in [1.29, 1.82) is 0 Å². The summed E-state index contributed by atoms with van der Waals surface area (Å²) in [6, 6.07) is 5.88. The zero-order valence-corrected chi connectivity index (χ0v) is 18.1. The molecule has 0 aliphatic carbocycles. The van der Waals surface area contributed by atoms with Crippen molar-refractivity contribution < 1.29 is 14.1 Å². The molecule has 1 amide bonds. The third-order valence-corrected chi connectivity index (χ3v) is 5.51. The zero-order valence-electron chi connectivity index (χ0n) is 17.3. The molecule has 0 radical (unpaired) electrons. The van der Waals surface area contributed by atoms with E-state index < -0.39 is 0 Å². The Morgan fingerprint density at radius 3 is 2.62 bits per heavy atom. The van der Waals surface area contributed by atoms with Crippen LogP contribution in [0.25, 0.3) is 0 Å². The van der Waals surface area contributed by atoms with Crippen molar-refractivity contribution in [3.05, 3.63) is 62.8 Å². The Morgan fingerprint density at radius 1 is 1.21 bits per heavy atom. The van der Waals surface area contributed by atoms with E-state index in [1.54, 1.807) is 11.6 Å². The van der Waals surface area contributed by atoms with Crippen LogP contribution in [-0.4, -0.2) is 27.4 Å². The quantitative estimate of drug-likeness (QED) is 0.627. The molecule has 2 aromatic heterocycles. The van der Waals surface area contributed by atoms with Crippen LogP contribution < -0.4 is 10.1 Å². The fraction of sp³-hybridized carbons (Fsp3) is 0.381. The van der Waals surface area contributed by atoms with Crippen LogP contribution in [0.5, 0.6) is 5.75 Å². The highest BCUT2D eigenvalue weighted by Crippen LogP contribution is 2.21. The highest BCUT2D eigenvalue weighted by Gasteiger charge is 2.20. The second-order valence-corrected chi connectivity index (χ2v) is 7.44. The minimum Gasteiger partial charge on any atom is -0.489 e. The molecule has 0 bridgehead atoms. The Hall–Kier alpha value is -2.80. The molecule has 0 atom stereocenters. The van der Waals surface area contributed by atoms with Crippen molar-refractivity contribution in [2.75, 3.05) is 6.54 Å². The number of amides is 1. The number of aryl methyl sites for hydroxylation is 4. The van der Waals surface area contributed by atoms with Crippen molar-refractivity contribution >= 4 is 17.5 Å². The van der Waals surface area contributed by atoms with E-state index in [1.807, 2.05) is 45.9 Å². The van der Waals surface area contributed by atoms with Gasteiger partial charge in [0.2, 0.25) is 0 Å². The van der Waals surface area contributed by atoms with Crippen molar-refractivity contribution in [2.45, 2.75) is 47.8 Å². The molecule has 7 nitrogen and oxygen atoms in total. The van der Waals surface area contributed by atoms with Gasteiger partial charge in [-0.1, -0.05) is 22.8 Å². The van der Waals surface area contributed by atoms with Gasteiger partial charge >= 0.3 is 0 Å². The van der Waals surface area contributed by atoms with Gasteiger partial charge in [0.25, 0.3) is 5.91 Å². The molecular formula is C21H25ClN4O3. The number of hydrogen-bond acceptors (Lipinski definition) is 5. The van der Waals surface area contributed by atoms with Crippen molar-refractivity contribution in [2.24, 2.45) is 0 Å². The predicted molar refractivity (Wildman–Crippen MR) is 111 cm³/mol. The molecule has 3 rings (SSSR count). The first-order valence-corrected chi connectivity index (χ1v) is 9.78. The molecule has 154 valence electrons. The molecule has 1 aromatic carbocycles. The first-order valence-electron chi connectivity index (χ1n) is 9.40. The smallest absolute Gasteiger partial charge is 0.273 e. The number of nitrogens with zero attached hydrogens (tertiary/aromatic N) is 3. The van der Waals surface area contributed by atoms with Crippen LogP contribution in [0.2, 0.25) is 5.02 Å². The van der Waals surface area contributed by atoms with Gasteiger partial charge < -0.3 is 14.6 Å². The molecule has 0 aliphatic rings. The Labute approximate surface area is 175 Å². The lowest BCUT2D eigenvalue weighted by molar-refractivity contribution is 0.0940. The normalized spacial score (nSPS) is 11.0. The van der Waals surface area contributed by atoms with Crippen LogP contribution in [0.1, 0.15) is 44.3 Å². The van der Waals surface area contributed by atoms with Crippen molar-refractivity contribution in [3.63, 3.8) is 0 Å². The van der Waals surface area contributed by atoms with Gasteiger partial charge in [0.15, 0.2) is 5.69 Å². The van der Waals surface area contributed by atoms with Crippen LogP contribution >= 0.6 is 11.6 Å². The molecule has 0 unspecified atom stereocenters. The van der Waals surface area contributed by atoms with Crippen LogP contribution in [0.4, 0.5) is 0 Å². The molecule has 0 saturated heterocycles. The van der Waals surface area contributed by atoms with Crippen molar-refractivity contribution in [3.8, 4) is 5.75 Å². The first-order chi connectivity index (χ1) is 13.8. The second kappa shape index (κ2) is 8.69. The summed E-state index contributed by atoms with van der Waals surface area (Å²) in [5.41, 5.74) is 4.86. The van der Waals surface area contributed by atoms with E-state index in [4.69, 9.17) is 20.9 Å². The van der Waals surface area contributed by atoms with E-state index in [0.29, 0.717) is 29.4 Å². The Bertz CT molecular complexity index is 1040. The molecule has 3 aromatic rings. The summed E-state index contributed by atoms with van der Waals surface area (Å²) in [5.74, 6) is 0.985. The summed E-state index contributed by atoms with van der Waals surface area (Å²) in [6.45, 7) is 10.7. The SMILES string of the molecule is Cc1ccc(OCc2c(C(=O)NCCn3nc(C)c(Cl)c3C)noc2C)cc1C. The van der Waals surface area contributed by atoms with Crippen LogP contribution in [0, 0.1) is 34.6 Å². The number of halogens is 1. The molecule has 8 heteroatoms. The van der Waals surface area contributed by atoms with E-state index in [2.05, 4.69) is 15.6 Å². The second-order valence-electron chi connectivity index (χ2n) is 7.06. The lowest BCUT2D eigenvalue weighted by atomic mass is 10.1. The first kappa shape index (κ1) is 20.9. The summed E-state index contributed by atoms with van der Waals surface area (Å²) in [6.07, 6.45) is 0. The van der Waals surface area contributed by atoms with E-state index in [9.17, 15) is 4.79 Å². The summed E-state index contributed by atoms with van der Waals surface area (Å²) in [4.78, 5) is 12.6. The van der Waals surface area contributed by atoms with Gasteiger partial charge in [0.05, 0.1) is 28.5 Å². The Balaban J connectivity index is 1.62. The maximum atomic E-state index is 12.6. The maximum absolute atomic E-state index is 12.6. The average molecular weight is 417 g/mol. The summed E-state index contributed by atoms with van der Waals surface area (Å²) in [7, 11) is 0. The van der Waals surface area contributed by atoms with Crippen LogP contribution in [-0.2, 0) is 13.2 Å². The minimum absolute atomic E-state index is 0.202. The largest absolute Gasteiger partial charge is 0.489 e. The highest BCUT2D eigenvalue weighted by molar-refractivity contribution is 6.31. The van der Waals surface area contributed by atoms with Crippen LogP contribution in [0.15, 0.2) is 22.7 Å². The molecule has 2 heterocycles. The van der Waals surface area contributed by atoms with Gasteiger partial charge in [-0.2, -0.15) is 5.10 Å². The number of rotatable bonds is 7. The lowest BCUT2D eigenvalue weighted by Crippen LogP contribution is -2.29. The van der Waals surface area contributed by atoms with E-state index in [-0.39, 0.29) is 18.2 Å². The number of hydrogen-bond donors (Lipinski definition) is 1. The van der Waals surface area contributed by atoms with Gasteiger partial charge in [-0.05, 0) is 57.9 Å². The molecule has 1 N–H and O–H groups in total. The molecule has 29 heavy (non-hydrogen) atoms. The summed E-state index contributed by atoms with van der Waals surface area (Å²) < 4.78 is 12.9. The Kier molecular flexibility index (Phi) is 6.27. The van der Waals surface area contributed by atoms with Crippen molar-refractivity contribution in [1.82, 2.24) is 20.3 Å². The van der Waals surface area contributed by atoms with Crippen LogP contribution in [0.3, 0.4) is 0 Å². The van der Waals surface area contributed by atoms with Gasteiger partial charge in [-0.25, -0.2) is 0 Å². The molecule has 0 spiro atoms. The number of carbonyl (C=O) groups is 1. The fourth-order valence-corrected chi connectivity index (χ4v) is 3.09. The van der Waals surface area contributed by atoms with E-state index in [1.165, 1.54) is 5.56 Å². The van der Waals surface area contributed by atoms with Gasteiger partial charge in [0.1, 0.15) is 18.1 Å². The van der Waals surface area contributed by atoms with Gasteiger partial charge in [-0.15, -0.1) is 0 Å². The maximum Gasteiger partial charge on any atom is 0.273 e. The summed E-state index contributed by atoms with van der Waals surface area (Å²) >= 11 is 6.16. The number of aromatic nitrogens is 3. The molecule has 0 saturated carbocycles. The zero-order chi connectivity index (χ0) is 21.1. The van der Waals surface area contributed by atoms with E-state index >= 15 is 0 Å². The third-order valence-electron chi connectivity index (χ3n) is 4.96. The standard InChI is InChI=1S/C21H25ClN4O3/c1-12-6-7-17(10-13(12)2)28-11-18-16(5)29-25-20(18)21(27)23-8-9-26-15(4)19(22)14(3)24-26/h6-7,10H,8-9,11H2,1-5H3,(H,23,27). The number of carbonyl (C=O) groups excluding carboxylic acids is 1. The highest BCUT2D eigenvalue weighted by atomic mass is 35.5. The monoisotopic (exact) mass is 416 g/mol.